The van der Waals surface area contributed by atoms with Crippen LogP contribution in [0, 0.1) is 16.7 Å². The fourth-order valence-corrected chi connectivity index (χ4v) is 4.39. The first kappa shape index (κ1) is 16.8. The van der Waals surface area contributed by atoms with Crippen molar-refractivity contribution in [3.05, 3.63) is 0 Å². The van der Waals surface area contributed by atoms with E-state index in [1.807, 2.05) is 6.92 Å². The molecule has 3 unspecified atom stereocenters. The van der Waals surface area contributed by atoms with Gasteiger partial charge in [-0.1, -0.05) is 27.2 Å². The summed E-state index contributed by atoms with van der Waals surface area (Å²) in [7, 11) is 0. The highest BCUT2D eigenvalue weighted by Gasteiger charge is 2.61. The van der Waals surface area contributed by atoms with Crippen molar-refractivity contribution in [2.45, 2.75) is 78.7 Å². The molecule has 2 aliphatic rings. The summed E-state index contributed by atoms with van der Waals surface area (Å²) < 4.78 is 11.1. The summed E-state index contributed by atoms with van der Waals surface area (Å²) in [5.41, 5.74) is 0.796. The number of rotatable bonds is 8. The van der Waals surface area contributed by atoms with Gasteiger partial charge in [-0.15, -0.1) is 0 Å². The van der Waals surface area contributed by atoms with Gasteiger partial charge in [-0.2, -0.15) is 0 Å². The van der Waals surface area contributed by atoms with Crippen molar-refractivity contribution in [3.8, 4) is 0 Å². The van der Waals surface area contributed by atoms with Crippen LogP contribution in [0.4, 0.5) is 0 Å². The Hall–Kier alpha value is -0.570. The lowest BCUT2D eigenvalue weighted by Crippen LogP contribution is -2.37. The van der Waals surface area contributed by atoms with Crippen LogP contribution in [0.2, 0.25) is 0 Å². The van der Waals surface area contributed by atoms with Gasteiger partial charge in [-0.25, -0.2) is 0 Å². The number of unbranched alkanes of at least 4 members (excludes halogenated alkanes) is 2. The van der Waals surface area contributed by atoms with E-state index in [0.717, 1.165) is 31.8 Å². The molecule has 2 fully saturated rings. The summed E-state index contributed by atoms with van der Waals surface area (Å²) in [6.45, 7) is 10.4. The zero-order valence-corrected chi connectivity index (χ0v) is 14.2. The number of ether oxygens (including phenoxy) is 2. The van der Waals surface area contributed by atoms with Gasteiger partial charge in [0.1, 0.15) is 0 Å². The van der Waals surface area contributed by atoms with Crippen LogP contribution in [-0.2, 0) is 14.3 Å². The average Bonchev–Trinajstić information content (AvgIpc) is 2.76. The zero-order valence-electron chi connectivity index (χ0n) is 14.2. The van der Waals surface area contributed by atoms with Gasteiger partial charge in [0.2, 0.25) is 0 Å². The number of carbonyl (C=O) groups excluding carboxylic acids is 1. The second-order valence-electron chi connectivity index (χ2n) is 7.59. The van der Waals surface area contributed by atoms with Crippen molar-refractivity contribution in [2.24, 2.45) is 16.7 Å². The third-order valence-electron chi connectivity index (χ3n) is 6.36. The van der Waals surface area contributed by atoms with Gasteiger partial charge in [0.05, 0.1) is 12.7 Å². The van der Waals surface area contributed by atoms with E-state index in [9.17, 15) is 4.79 Å². The Kier molecular flexibility index (Phi) is 5.34. The van der Waals surface area contributed by atoms with Crippen LogP contribution in [0.1, 0.15) is 72.6 Å². The Bertz CT molecular complexity index is 363. The molecular weight excluding hydrogens is 264 g/mol. The first-order valence-corrected chi connectivity index (χ1v) is 8.69. The maximum absolute atomic E-state index is 11.2. The quantitative estimate of drug-likeness (QED) is 0.493. The van der Waals surface area contributed by atoms with E-state index >= 15 is 0 Å². The lowest BCUT2D eigenvalue weighted by molar-refractivity contribution is -0.143. The van der Waals surface area contributed by atoms with Gasteiger partial charge in [-0.3, -0.25) is 4.79 Å². The molecule has 0 heterocycles. The fourth-order valence-electron chi connectivity index (χ4n) is 4.39. The van der Waals surface area contributed by atoms with Crippen molar-refractivity contribution in [1.82, 2.24) is 0 Å². The fraction of sp³-hybridized carbons (Fsp3) is 0.944. The molecule has 0 aromatic carbocycles. The van der Waals surface area contributed by atoms with Crippen LogP contribution < -0.4 is 0 Å². The van der Waals surface area contributed by atoms with Crippen LogP contribution in [0.3, 0.4) is 0 Å². The average molecular weight is 296 g/mol. The standard InChI is InChI=1S/C18H32O3/c1-5-20-16(19)9-7-6-8-12-21-15-13-14-10-11-18(15,4)17(14,2)3/h14-15H,5-13H2,1-4H3. The van der Waals surface area contributed by atoms with Gasteiger partial charge in [0.15, 0.2) is 0 Å². The Balaban J connectivity index is 1.61. The molecule has 122 valence electrons. The second-order valence-corrected chi connectivity index (χ2v) is 7.59. The van der Waals surface area contributed by atoms with Crippen molar-refractivity contribution in [1.29, 1.82) is 0 Å². The number of hydrogen-bond donors (Lipinski definition) is 0. The molecule has 3 heteroatoms. The molecule has 21 heavy (non-hydrogen) atoms. The monoisotopic (exact) mass is 296 g/mol. The van der Waals surface area contributed by atoms with Gasteiger partial charge >= 0.3 is 5.97 Å². The predicted molar refractivity (Wildman–Crippen MR) is 84.1 cm³/mol. The minimum Gasteiger partial charge on any atom is -0.466 e. The molecule has 0 aromatic heterocycles. The van der Waals surface area contributed by atoms with Crippen LogP contribution in [0.25, 0.3) is 0 Å². The number of fused-ring (bicyclic) bond motifs is 2. The summed E-state index contributed by atoms with van der Waals surface area (Å²) >= 11 is 0. The van der Waals surface area contributed by atoms with E-state index in [2.05, 4.69) is 20.8 Å². The number of hydrogen-bond acceptors (Lipinski definition) is 3. The van der Waals surface area contributed by atoms with Crippen molar-refractivity contribution in [2.75, 3.05) is 13.2 Å². The summed E-state index contributed by atoms with van der Waals surface area (Å²) in [5.74, 6) is 0.775. The Morgan fingerprint density at radius 2 is 1.95 bits per heavy atom. The van der Waals surface area contributed by atoms with Gasteiger partial charge < -0.3 is 9.47 Å². The highest BCUT2D eigenvalue weighted by molar-refractivity contribution is 5.69. The van der Waals surface area contributed by atoms with E-state index in [1.54, 1.807) is 0 Å². The molecule has 0 aliphatic heterocycles. The molecule has 2 bridgehead atoms. The minimum atomic E-state index is -0.0687. The first-order valence-electron chi connectivity index (χ1n) is 8.69. The molecule has 0 radical (unpaired) electrons. The van der Waals surface area contributed by atoms with Crippen LogP contribution in [0.5, 0.6) is 0 Å². The SMILES string of the molecule is CCOC(=O)CCCCCOC1CC2CCC1(C)C2(C)C. The number of carbonyl (C=O) groups is 1. The van der Waals surface area contributed by atoms with Crippen molar-refractivity contribution >= 4 is 5.97 Å². The molecule has 0 amide bonds. The molecule has 2 aliphatic carbocycles. The molecule has 0 spiro atoms. The van der Waals surface area contributed by atoms with Crippen molar-refractivity contribution in [3.63, 3.8) is 0 Å². The van der Waals surface area contributed by atoms with Crippen LogP contribution >= 0.6 is 0 Å². The molecule has 2 rings (SSSR count). The van der Waals surface area contributed by atoms with Crippen LogP contribution in [-0.4, -0.2) is 25.3 Å². The molecule has 0 N–H and O–H groups in total. The maximum Gasteiger partial charge on any atom is 0.305 e. The van der Waals surface area contributed by atoms with E-state index in [4.69, 9.17) is 9.47 Å². The Morgan fingerprint density at radius 1 is 1.19 bits per heavy atom. The lowest BCUT2D eigenvalue weighted by atomic mass is 9.70. The third kappa shape index (κ3) is 3.28. The second kappa shape index (κ2) is 6.68. The van der Waals surface area contributed by atoms with E-state index < -0.39 is 0 Å². The normalized spacial score (nSPS) is 33.3. The van der Waals surface area contributed by atoms with Gasteiger partial charge in [0.25, 0.3) is 0 Å². The summed E-state index contributed by atoms with van der Waals surface area (Å²) in [6.07, 6.45) is 7.94. The molecule has 0 saturated heterocycles. The number of esters is 1. The first-order chi connectivity index (χ1) is 9.91. The summed E-state index contributed by atoms with van der Waals surface area (Å²) in [4.78, 5) is 11.2. The van der Waals surface area contributed by atoms with E-state index in [1.165, 1.54) is 19.3 Å². The largest absolute Gasteiger partial charge is 0.466 e. The topological polar surface area (TPSA) is 35.5 Å². The molecule has 0 aromatic rings. The molecule has 2 saturated carbocycles. The predicted octanol–water partition coefficient (Wildman–Crippen LogP) is 4.34. The Labute approximate surface area is 129 Å². The minimum absolute atomic E-state index is 0.0687. The van der Waals surface area contributed by atoms with E-state index in [0.29, 0.717) is 30.0 Å². The Morgan fingerprint density at radius 3 is 2.52 bits per heavy atom. The van der Waals surface area contributed by atoms with Crippen molar-refractivity contribution < 1.29 is 14.3 Å². The summed E-state index contributed by atoms with van der Waals surface area (Å²) in [5, 5.41) is 0. The molecule has 3 nitrogen and oxygen atoms in total. The highest BCUT2D eigenvalue weighted by atomic mass is 16.5. The van der Waals surface area contributed by atoms with Gasteiger partial charge in [-0.05, 0) is 55.8 Å². The highest BCUT2D eigenvalue weighted by Crippen LogP contribution is 2.66. The molecule has 3 atom stereocenters. The van der Waals surface area contributed by atoms with Crippen LogP contribution in [0.15, 0.2) is 0 Å². The summed E-state index contributed by atoms with van der Waals surface area (Å²) in [6, 6.07) is 0. The van der Waals surface area contributed by atoms with Gasteiger partial charge in [0, 0.05) is 13.0 Å². The van der Waals surface area contributed by atoms with E-state index in [-0.39, 0.29) is 5.97 Å². The maximum atomic E-state index is 11.2. The third-order valence-corrected chi connectivity index (χ3v) is 6.36. The molecular formula is C18H32O3. The zero-order chi connectivity index (χ0) is 15.5. The smallest absolute Gasteiger partial charge is 0.305 e. The lowest BCUT2D eigenvalue weighted by Gasteiger charge is -2.39.